The molecule has 3 rings (SSSR count). The summed E-state index contributed by atoms with van der Waals surface area (Å²) in [6.45, 7) is 1.92. The average molecular weight is 294 g/mol. The number of thiazole rings is 1. The quantitative estimate of drug-likeness (QED) is 0.779. The number of aryl methyl sites for hydroxylation is 1. The van der Waals surface area contributed by atoms with Crippen LogP contribution in [0.1, 0.15) is 15.9 Å². The van der Waals surface area contributed by atoms with E-state index in [2.05, 4.69) is 10.3 Å². The Labute approximate surface area is 127 Å². The van der Waals surface area contributed by atoms with E-state index in [1.165, 1.54) is 11.3 Å². The number of anilines is 1. The molecule has 0 saturated heterocycles. The molecule has 0 unspecified atom stereocenters. The molecule has 0 spiro atoms. The van der Waals surface area contributed by atoms with E-state index in [1.807, 2.05) is 66.9 Å². The van der Waals surface area contributed by atoms with Crippen LogP contribution in [0.4, 0.5) is 5.13 Å². The molecule has 0 atom stereocenters. The molecule has 0 fully saturated rings. The number of nitrogens with zero attached hydrogens (tertiary/aromatic N) is 1. The van der Waals surface area contributed by atoms with Gasteiger partial charge in [-0.3, -0.25) is 10.1 Å². The Morgan fingerprint density at radius 2 is 1.76 bits per heavy atom. The third kappa shape index (κ3) is 3.01. The summed E-state index contributed by atoms with van der Waals surface area (Å²) in [5.41, 5.74) is 3.55. The first-order chi connectivity index (χ1) is 10.2. The molecular weight excluding hydrogens is 280 g/mol. The number of carbonyl (C=O) groups is 1. The highest BCUT2D eigenvalue weighted by Gasteiger charge is 2.11. The standard InChI is InChI=1S/C17H14N2OS/c1-12-7-5-6-10-14(12)16(20)19-17-18-15(11-21-17)13-8-3-2-4-9-13/h2-11H,1H3,(H,18,19,20). The van der Waals surface area contributed by atoms with E-state index in [0.717, 1.165) is 16.8 Å². The van der Waals surface area contributed by atoms with Crippen LogP contribution >= 0.6 is 11.3 Å². The fourth-order valence-electron chi connectivity index (χ4n) is 2.06. The average Bonchev–Trinajstić information content (AvgIpc) is 2.97. The molecule has 0 saturated carbocycles. The largest absolute Gasteiger partial charge is 0.298 e. The zero-order chi connectivity index (χ0) is 14.7. The summed E-state index contributed by atoms with van der Waals surface area (Å²) in [7, 11) is 0. The summed E-state index contributed by atoms with van der Waals surface area (Å²) in [6, 6.07) is 17.4. The molecule has 0 aliphatic rings. The second-order valence-electron chi connectivity index (χ2n) is 4.67. The van der Waals surface area contributed by atoms with E-state index in [-0.39, 0.29) is 5.91 Å². The zero-order valence-electron chi connectivity index (χ0n) is 11.5. The van der Waals surface area contributed by atoms with Crippen molar-refractivity contribution in [2.45, 2.75) is 6.92 Å². The Bertz CT molecular complexity index is 765. The van der Waals surface area contributed by atoms with Crippen LogP contribution in [0.15, 0.2) is 60.0 Å². The Kier molecular flexibility index (Phi) is 3.79. The van der Waals surface area contributed by atoms with E-state index < -0.39 is 0 Å². The van der Waals surface area contributed by atoms with Crippen molar-refractivity contribution in [2.75, 3.05) is 5.32 Å². The van der Waals surface area contributed by atoms with Crippen molar-refractivity contribution < 1.29 is 4.79 Å². The molecule has 3 nitrogen and oxygen atoms in total. The molecule has 1 amide bonds. The first-order valence-corrected chi connectivity index (χ1v) is 7.50. The fraction of sp³-hybridized carbons (Fsp3) is 0.0588. The van der Waals surface area contributed by atoms with Gasteiger partial charge in [0.15, 0.2) is 5.13 Å². The van der Waals surface area contributed by atoms with E-state index in [4.69, 9.17) is 0 Å². The number of aromatic nitrogens is 1. The fourth-order valence-corrected chi connectivity index (χ4v) is 2.78. The molecule has 21 heavy (non-hydrogen) atoms. The van der Waals surface area contributed by atoms with Crippen molar-refractivity contribution in [3.63, 3.8) is 0 Å². The highest BCUT2D eigenvalue weighted by molar-refractivity contribution is 7.14. The number of nitrogens with one attached hydrogen (secondary N) is 1. The summed E-state index contributed by atoms with van der Waals surface area (Å²) in [5, 5.41) is 5.42. The van der Waals surface area contributed by atoms with Crippen molar-refractivity contribution in [3.8, 4) is 11.3 Å². The Morgan fingerprint density at radius 3 is 2.52 bits per heavy atom. The van der Waals surface area contributed by atoms with Gasteiger partial charge in [-0.15, -0.1) is 11.3 Å². The number of hydrogen-bond acceptors (Lipinski definition) is 3. The van der Waals surface area contributed by atoms with Crippen LogP contribution in [0.3, 0.4) is 0 Å². The van der Waals surface area contributed by atoms with Gasteiger partial charge in [-0.1, -0.05) is 48.5 Å². The van der Waals surface area contributed by atoms with Gasteiger partial charge in [-0.05, 0) is 18.6 Å². The van der Waals surface area contributed by atoms with Crippen LogP contribution in [0.2, 0.25) is 0 Å². The lowest BCUT2D eigenvalue weighted by Gasteiger charge is -2.04. The molecule has 0 bridgehead atoms. The minimum atomic E-state index is -0.123. The summed E-state index contributed by atoms with van der Waals surface area (Å²) in [6.07, 6.45) is 0. The monoisotopic (exact) mass is 294 g/mol. The van der Waals surface area contributed by atoms with Gasteiger partial charge in [0.05, 0.1) is 5.69 Å². The van der Waals surface area contributed by atoms with Gasteiger partial charge in [0.2, 0.25) is 0 Å². The maximum atomic E-state index is 12.2. The molecule has 3 aromatic rings. The number of carbonyl (C=O) groups excluding carboxylic acids is 1. The SMILES string of the molecule is Cc1ccccc1C(=O)Nc1nc(-c2ccccc2)cs1. The number of rotatable bonds is 3. The topological polar surface area (TPSA) is 42.0 Å². The third-order valence-electron chi connectivity index (χ3n) is 3.18. The van der Waals surface area contributed by atoms with Gasteiger partial charge in [0.25, 0.3) is 5.91 Å². The van der Waals surface area contributed by atoms with Crippen LogP contribution in [-0.4, -0.2) is 10.9 Å². The van der Waals surface area contributed by atoms with Gasteiger partial charge in [0, 0.05) is 16.5 Å². The molecule has 0 radical (unpaired) electrons. The van der Waals surface area contributed by atoms with E-state index in [0.29, 0.717) is 10.7 Å². The smallest absolute Gasteiger partial charge is 0.257 e. The van der Waals surface area contributed by atoms with Crippen molar-refractivity contribution in [2.24, 2.45) is 0 Å². The molecule has 1 N–H and O–H groups in total. The van der Waals surface area contributed by atoms with Crippen LogP contribution in [-0.2, 0) is 0 Å². The van der Waals surface area contributed by atoms with Gasteiger partial charge in [-0.2, -0.15) is 0 Å². The van der Waals surface area contributed by atoms with Crippen molar-refractivity contribution in [1.82, 2.24) is 4.98 Å². The van der Waals surface area contributed by atoms with Crippen molar-refractivity contribution in [1.29, 1.82) is 0 Å². The molecule has 104 valence electrons. The van der Waals surface area contributed by atoms with Crippen LogP contribution in [0.25, 0.3) is 11.3 Å². The van der Waals surface area contributed by atoms with Crippen molar-refractivity contribution in [3.05, 3.63) is 71.1 Å². The van der Waals surface area contributed by atoms with E-state index >= 15 is 0 Å². The Morgan fingerprint density at radius 1 is 1.05 bits per heavy atom. The predicted molar refractivity (Wildman–Crippen MR) is 86.7 cm³/mol. The van der Waals surface area contributed by atoms with Gasteiger partial charge in [0.1, 0.15) is 0 Å². The number of hydrogen-bond donors (Lipinski definition) is 1. The van der Waals surface area contributed by atoms with Crippen LogP contribution in [0.5, 0.6) is 0 Å². The molecule has 4 heteroatoms. The lowest BCUT2D eigenvalue weighted by molar-refractivity contribution is 0.102. The molecule has 0 aliphatic carbocycles. The maximum Gasteiger partial charge on any atom is 0.257 e. The molecular formula is C17H14N2OS. The Balaban J connectivity index is 1.79. The zero-order valence-corrected chi connectivity index (χ0v) is 12.4. The Hall–Kier alpha value is -2.46. The molecule has 2 aromatic carbocycles. The second kappa shape index (κ2) is 5.89. The minimum absolute atomic E-state index is 0.123. The first-order valence-electron chi connectivity index (χ1n) is 6.62. The maximum absolute atomic E-state index is 12.2. The van der Waals surface area contributed by atoms with Crippen molar-refractivity contribution >= 4 is 22.4 Å². The summed E-state index contributed by atoms with van der Waals surface area (Å²) in [4.78, 5) is 16.7. The summed E-state index contributed by atoms with van der Waals surface area (Å²) >= 11 is 1.43. The minimum Gasteiger partial charge on any atom is -0.298 e. The molecule has 0 aliphatic heterocycles. The summed E-state index contributed by atoms with van der Waals surface area (Å²) < 4.78 is 0. The van der Waals surface area contributed by atoms with Crippen LogP contribution in [0, 0.1) is 6.92 Å². The number of benzene rings is 2. The van der Waals surface area contributed by atoms with Gasteiger partial charge < -0.3 is 0 Å². The third-order valence-corrected chi connectivity index (χ3v) is 3.94. The van der Waals surface area contributed by atoms with Crippen LogP contribution < -0.4 is 5.32 Å². The van der Waals surface area contributed by atoms with E-state index in [1.54, 1.807) is 0 Å². The highest BCUT2D eigenvalue weighted by Crippen LogP contribution is 2.25. The lowest BCUT2D eigenvalue weighted by atomic mass is 10.1. The van der Waals surface area contributed by atoms with Gasteiger partial charge in [-0.25, -0.2) is 4.98 Å². The lowest BCUT2D eigenvalue weighted by Crippen LogP contribution is -2.12. The van der Waals surface area contributed by atoms with E-state index in [9.17, 15) is 4.79 Å². The summed E-state index contributed by atoms with van der Waals surface area (Å²) in [5.74, 6) is -0.123. The molecule has 1 aromatic heterocycles. The normalized spacial score (nSPS) is 10.3. The predicted octanol–water partition coefficient (Wildman–Crippen LogP) is 4.37. The molecule has 1 heterocycles. The second-order valence-corrected chi connectivity index (χ2v) is 5.53. The highest BCUT2D eigenvalue weighted by atomic mass is 32.1. The number of amides is 1. The van der Waals surface area contributed by atoms with Gasteiger partial charge >= 0.3 is 0 Å². The first kappa shape index (κ1) is 13.5.